The summed E-state index contributed by atoms with van der Waals surface area (Å²) in [6.07, 6.45) is 1.80. The van der Waals surface area contributed by atoms with Crippen molar-refractivity contribution in [3.8, 4) is 0 Å². The molecule has 4 rings (SSSR count). The molecule has 10 heteroatoms. The molecular formula is C19H18F2N4O4. The zero-order valence-electron chi connectivity index (χ0n) is 15.5. The molecular weight excluding hydrogens is 386 g/mol. The SMILES string of the molecule is CC(=O)NC[C@H]1CN(c2cc(F)c(C3=Cc4cnc(CO)n4C3)c(F)c2)C(=O)O1. The predicted octanol–water partition coefficient (Wildman–Crippen LogP) is 1.67. The molecule has 8 nitrogen and oxygen atoms in total. The number of carbonyl (C=O) groups excluding carboxylic acids is 2. The van der Waals surface area contributed by atoms with Gasteiger partial charge in [-0.25, -0.2) is 18.6 Å². The van der Waals surface area contributed by atoms with Crippen LogP contribution in [0.25, 0.3) is 11.6 Å². The van der Waals surface area contributed by atoms with E-state index in [1.54, 1.807) is 10.6 Å². The lowest BCUT2D eigenvalue weighted by Crippen LogP contribution is -2.33. The Bertz CT molecular complexity index is 1010. The van der Waals surface area contributed by atoms with Crippen molar-refractivity contribution in [2.45, 2.75) is 26.2 Å². The van der Waals surface area contributed by atoms with E-state index in [0.29, 0.717) is 17.1 Å². The quantitative estimate of drug-likeness (QED) is 0.790. The van der Waals surface area contributed by atoms with E-state index in [1.807, 2.05) is 0 Å². The lowest BCUT2D eigenvalue weighted by molar-refractivity contribution is -0.119. The number of amides is 2. The molecule has 1 atom stereocenters. The molecule has 29 heavy (non-hydrogen) atoms. The number of cyclic esters (lactones) is 1. The number of rotatable bonds is 5. The van der Waals surface area contributed by atoms with Crippen molar-refractivity contribution in [1.82, 2.24) is 14.9 Å². The highest BCUT2D eigenvalue weighted by Gasteiger charge is 2.34. The summed E-state index contributed by atoms with van der Waals surface area (Å²) in [4.78, 5) is 28.2. The molecule has 2 aromatic rings. The summed E-state index contributed by atoms with van der Waals surface area (Å²) in [5.74, 6) is -1.48. The summed E-state index contributed by atoms with van der Waals surface area (Å²) >= 11 is 0. The average molecular weight is 404 g/mol. The molecule has 3 heterocycles. The fraction of sp³-hybridized carbons (Fsp3) is 0.316. The molecule has 0 radical (unpaired) electrons. The second-order valence-corrected chi connectivity index (χ2v) is 6.85. The van der Waals surface area contributed by atoms with Crippen molar-refractivity contribution < 1.29 is 28.2 Å². The Kier molecular flexibility index (Phi) is 4.79. The summed E-state index contributed by atoms with van der Waals surface area (Å²) in [5.41, 5.74) is 0.903. The van der Waals surface area contributed by atoms with Gasteiger partial charge >= 0.3 is 6.09 Å². The zero-order chi connectivity index (χ0) is 20.7. The first-order chi connectivity index (χ1) is 13.9. The highest BCUT2D eigenvalue weighted by molar-refractivity contribution is 5.91. The lowest BCUT2D eigenvalue weighted by atomic mass is 10.0. The van der Waals surface area contributed by atoms with Crippen LogP contribution in [-0.2, 0) is 22.7 Å². The van der Waals surface area contributed by atoms with E-state index in [1.165, 1.54) is 13.1 Å². The van der Waals surface area contributed by atoms with Crippen molar-refractivity contribution in [3.63, 3.8) is 0 Å². The molecule has 1 aromatic heterocycles. The van der Waals surface area contributed by atoms with E-state index in [4.69, 9.17) is 4.74 Å². The van der Waals surface area contributed by atoms with Crippen LogP contribution in [0.4, 0.5) is 19.3 Å². The number of benzene rings is 1. The van der Waals surface area contributed by atoms with Crippen molar-refractivity contribution >= 4 is 29.3 Å². The van der Waals surface area contributed by atoms with Gasteiger partial charge in [-0.3, -0.25) is 9.69 Å². The normalized spacial score (nSPS) is 17.9. The smallest absolute Gasteiger partial charge is 0.414 e. The highest BCUT2D eigenvalue weighted by Crippen LogP contribution is 2.34. The van der Waals surface area contributed by atoms with E-state index in [9.17, 15) is 23.5 Å². The number of allylic oxidation sites excluding steroid dienone is 1. The van der Waals surface area contributed by atoms with Gasteiger partial charge in [-0.15, -0.1) is 0 Å². The Morgan fingerprint density at radius 3 is 2.76 bits per heavy atom. The Morgan fingerprint density at radius 1 is 1.38 bits per heavy atom. The minimum atomic E-state index is -0.811. The molecule has 2 N–H and O–H groups in total. The summed E-state index contributed by atoms with van der Waals surface area (Å²) in [5, 5.41) is 11.8. The van der Waals surface area contributed by atoms with Crippen LogP contribution in [0.2, 0.25) is 0 Å². The predicted molar refractivity (Wildman–Crippen MR) is 98.7 cm³/mol. The van der Waals surface area contributed by atoms with Crippen LogP contribution in [0, 0.1) is 11.6 Å². The van der Waals surface area contributed by atoms with Crippen LogP contribution in [-0.4, -0.2) is 45.9 Å². The number of imidazole rings is 1. The van der Waals surface area contributed by atoms with Crippen molar-refractivity contribution in [2.24, 2.45) is 0 Å². The summed E-state index contributed by atoms with van der Waals surface area (Å²) in [6, 6.07) is 2.17. The van der Waals surface area contributed by atoms with Gasteiger partial charge in [0.15, 0.2) is 0 Å². The molecule has 152 valence electrons. The molecule has 0 unspecified atom stereocenters. The van der Waals surface area contributed by atoms with E-state index in [0.717, 1.165) is 17.0 Å². The number of aliphatic hydroxyl groups is 1. The second kappa shape index (κ2) is 7.28. The first-order valence-electron chi connectivity index (χ1n) is 8.95. The van der Waals surface area contributed by atoms with Crippen LogP contribution >= 0.6 is 0 Å². The average Bonchev–Trinajstić information content (AvgIpc) is 3.33. The van der Waals surface area contributed by atoms with Crippen molar-refractivity contribution in [2.75, 3.05) is 18.0 Å². The fourth-order valence-electron chi connectivity index (χ4n) is 3.52. The van der Waals surface area contributed by atoms with Gasteiger partial charge in [-0.05, 0) is 23.8 Å². The number of halogens is 2. The lowest BCUT2D eigenvalue weighted by Gasteiger charge is -2.16. The van der Waals surface area contributed by atoms with Crippen LogP contribution in [0.1, 0.15) is 24.0 Å². The summed E-state index contributed by atoms with van der Waals surface area (Å²) in [7, 11) is 0. The third kappa shape index (κ3) is 3.46. The summed E-state index contributed by atoms with van der Waals surface area (Å²) in [6.45, 7) is 1.43. The van der Waals surface area contributed by atoms with Gasteiger partial charge in [0.2, 0.25) is 5.91 Å². The van der Waals surface area contributed by atoms with E-state index < -0.39 is 23.8 Å². The number of carbonyl (C=O) groups is 2. The maximum absolute atomic E-state index is 14.8. The fourth-order valence-corrected chi connectivity index (χ4v) is 3.52. The van der Waals surface area contributed by atoms with E-state index >= 15 is 0 Å². The molecule has 2 aliphatic heterocycles. The number of hydrogen-bond donors (Lipinski definition) is 2. The first kappa shape index (κ1) is 19.1. The largest absolute Gasteiger partial charge is 0.442 e. The van der Waals surface area contributed by atoms with Crippen LogP contribution in [0.3, 0.4) is 0 Å². The zero-order valence-corrected chi connectivity index (χ0v) is 15.5. The molecule has 0 bridgehead atoms. The van der Waals surface area contributed by atoms with Crippen molar-refractivity contribution in [3.05, 3.63) is 47.0 Å². The minimum absolute atomic E-state index is 0.0370. The highest BCUT2D eigenvalue weighted by atomic mass is 19.1. The number of nitrogens with one attached hydrogen (secondary N) is 1. The Labute approximate surface area is 164 Å². The number of aliphatic hydroxyl groups excluding tert-OH is 1. The molecule has 2 aliphatic rings. The van der Waals surface area contributed by atoms with Crippen LogP contribution in [0.5, 0.6) is 0 Å². The third-order valence-corrected chi connectivity index (χ3v) is 4.87. The van der Waals surface area contributed by atoms with Gasteiger partial charge in [-0.1, -0.05) is 0 Å². The molecule has 2 amide bonds. The molecule has 0 aliphatic carbocycles. The molecule has 0 saturated carbocycles. The maximum Gasteiger partial charge on any atom is 0.414 e. The Morgan fingerprint density at radius 2 is 2.10 bits per heavy atom. The van der Waals surface area contributed by atoms with Gasteiger partial charge in [0, 0.05) is 6.92 Å². The number of ether oxygens (including phenoxy) is 1. The molecule has 0 spiro atoms. The molecule has 1 aromatic carbocycles. The number of anilines is 1. The molecule has 1 fully saturated rings. The number of aromatic nitrogens is 2. The van der Waals surface area contributed by atoms with E-state index in [-0.39, 0.29) is 43.4 Å². The number of hydrogen-bond acceptors (Lipinski definition) is 5. The van der Waals surface area contributed by atoms with Crippen LogP contribution in [0.15, 0.2) is 18.3 Å². The standard InChI is InChI=1S/C19H18F2N4O4/c1-10(27)22-6-14-8-25(19(28)29-14)12-3-15(20)18(16(21)4-12)11-2-13-5-23-17(9-26)24(13)7-11/h2-5,14,26H,6-9H2,1H3,(H,22,27)/t14-/m0/s1. The van der Waals surface area contributed by atoms with E-state index in [2.05, 4.69) is 10.3 Å². The summed E-state index contributed by atoms with van der Waals surface area (Å²) < 4.78 is 36.4. The van der Waals surface area contributed by atoms with Crippen molar-refractivity contribution in [1.29, 1.82) is 0 Å². The topological polar surface area (TPSA) is 96.7 Å². The minimum Gasteiger partial charge on any atom is -0.442 e. The Balaban J connectivity index is 1.56. The van der Waals surface area contributed by atoms with Gasteiger partial charge in [-0.2, -0.15) is 0 Å². The van der Waals surface area contributed by atoms with Gasteiger partial charge < -0.3 is 19.7 Å². The second-order valence-electron chi connectivity index (χ2n) is 6.85. The number of fused-ring (bicyclic) bond motifs is 1. The first-order valence-corrected chi connectivity index (χ1v) is 8.95. The van der Waals surface area contributed by atoms with Gasteiger partial charge in [0.25, 0.3) is 0 Å². The van der Waals surface area contributed by atoms with Crippen LogP contribution < -0.4 is 10.2 Å². The third-order valence-electron chi connectivity index (χ3n) is 4.87. The Hall–Kier alpha value is -3.27. The molecule has 1 saturated heterocycles. The monoisotopic (exact) mass is 404 g/mol. The van der Waals surface area contributed by atoms with Gasteiger partial charge in [0.1, 0.15) is 30.2 Å². The van der Waals surface area contributed by atoms with Gasteiger partial charge in [0.05, 0.1) is 42.8 Å². The number of nitrogens with zero attached hydrogens (tertiary/aromatic N) is 3. The maximum atomic E-state index is 14.8.